The van der Waals surface area contributed by atoms with Gasteiger partial charge >= 0.3 is 0 Å². The fourth-order valence-corrected chi connectivity index (χ4v) is 1.64. The second kappa shape index (κ2) is 5.95. The van der Waals surface area contributed by atoms with Crippen LogP contribution in [0.5, 0.6) is 0 Å². The van der Waals surface area contributed by atoms with E-state index in [1.165, 1.54) is 5.56 Å². The molecule has 19 heavy (non-hydrogen) atoms. The number of aliphatic hydroxyl groups is 1. The normalized spacial score (nSPS) is 12.9. The molecule has 0 saturated carbocycles. The van der Waals surface area contributed by atoms with E-state index in [1.807, 2.05) is 50.1 Å². The van der Waals surface area contributed by atoms with Crippen LogP contribution in [0.2, 0.25) is 0 Å². The monoisotopic (exact) mass is 261 g/mol. The molecule has 0 radical (unpaired) electrons. The van der Waals surface area contributed by atoms with Crippen molar-refractivity contribution in [3.63, 3.8) is 0 Å². The number of nitrogens with zero attached hydrogens (tertiary/aromatic N) is 3. The zero-order valence-electron chi connectivity index (χ0n) is 11.5. The van der Waals surface area contributed by atoms with Crippen molar-refractivity contribution >= 4 is 0 Å². The van der Waals surface area contributed by atoms with Crippen LogP contribution < -0.4 is 0 Å². The first kappa shape index (κ1) is 13.7. The lowest BCUT2D eigenvalue weighted by Gasteiger charge is -2.20. The minimum absolute atomic E-state index is 0.0646. The number of rotatable bonds is 5. The smallest absolute Gasteiger partial charge is 0.247 e. The number of aliphatic hydroxyl groups excluding tert-OH is 1. The highest BCUT2D eigenvalue weighted by Gasteiger charge is 2.13. The molecule has 1 aromatic carbocycles. The summed E-state index contributed by atoms with van der Waals surface area (Å²) in [6.45, 7) is 4.61. The summed E-state index contributed by atoms with van der Waals surface area (Å²) >= 11 is 0. The van der Waals surface area contributed by atoms with Crippen LogP contribution in [0.3, 0.4) is 0 Å². The fourth-order valence-electron chi connectivity index (χ4n) is 1.64. The number of aryl methyl sites for hydroxylation is 1. The molecule has 0 saturated heterocycles. The molecule has 0 fully saturated rings. The molecule has 0 aliphatic rings. The topological polar surface area (TPSA) is 62.4 Å². The Bertz CT molecular complexity index is 522. The highest BCUT2D eigenvalue weighted by atomic mass is 16.4. The van der Waals surface area contributed by atoms with Crippen LogP contribution in [0.25, 0.3) is 11.5 Å². The molecule has 5 heteroatoms. The average molecular weight is 261 g/mol. The maximum atomic E-state index is 9.08. The number of aromatic nitrogens is 2. The van der Waals surface area contributed by atoms with Crippen LogP contribution in [0.4, 0.5) is 0 Å². The summed E-state index contributed by atoms with van der Waals surface area (Å²) in [6.07, 6.45) is 0. The molecule has 0 bridgehead atoms. The molecule has 0 amide bonds. The molecule has 1 heterocycles. The summed E-state index contributed by atoms with van der Waals surface area (Å²) in [6, 6.07) is 8.02. The van der Waals surface area contributed by atoms with E-state index in [-0.39, 0.29) is 12.6 Å². The SMILES string of the molecule is Cc1ccc(-c2nnc(CN(C)C(C)CO)o2)cc1. The van der Waals surface area contributed by atoms with E-state index in [2.05, 4.69) is 10.2 Å². The van der Waals surface area contributed by atoms with E-state index in [9.17, 15) is 0 Å². The Morgan fingerprint density at radius 2 is 1.95 bits per heavy atom. The van der Waals surface area contributed by atoms with E-state index in [1.54, 1.807) is 0 Å². The molecule has 2 aromatic rings. The van der Waals surface area contributed by atoms with Crippen molar-refractivity contribution in [3.8, 4) is 11.5 Å². The van der Waals surface area contributed by atoms with E-state index in [4.69, 9.17) is 9.52 Å². The number of likely N-dealkylation sites (N-methyl/N-ethyl adjacent to an activating group) is 1. The maximum absolute atomic E-state index is 9.08. The summed E-state index contributed by atoms with van der Waals surface area (Å²) in [7, 11) is 1.91. The van der Waals surface area contributed by atoms with Crippen molar-refractivity contribution in [2.24, 2.45) is 0 Å². The van der Waals surface area contributed by atoms with Crippen molar-refractivity contribution in [3.05, 3.63) is 35.7 Å². The zero-order valence-corrected chi connectivity index (χ0v) is 11.5. The molecule has 1 N–H and O–H groups in total. The van der Waals surface area contributed by atoms with Gasteiger partial charge in [0, 0.05) is 11.6 Å². The summed E-state index contributed by atoms with van der Waals surface area (Å²) in [4.78, 5) is 1.96. The second-order valence-corrected chi connectivity index (χ2v) is 4.81. The van der Waals surface area contributed by atoms with Gasteiger partial charge in [-0.15, -0.1) is 10.2 Å². The van der Waals surface area contributed by atoms with Gasteiger partial charge in [0.05, 0.1) is 13.2 Å². The van der Waals surface area contributed by atoms with Crippen molar-refractivity contribution in [2.75, 3.05) is 13.7 Å². The van der Waals surface area contributed by atoms with Crippen molar-refractivity contribution in [2.45, 2.75) is 26.4 Å². The zero-order chi connectivity index (χ0) is 13.8. The first-order chi connectivity index (χ1) is 9.10. The molecule has 0 spiro atoms. The molecule has 1 aromatic heterocycles. The van der Waals surface area contributed by atoms with Gasteiger partial charge in [-0.05, 0) is 33.0 Å². The first-order valence-electron chi connectivity index (χ1n) is 6.30. The maximum Gasteiger partial charge on any atom is 0.247 e. The molecular formula is C14H19N3O2. The fraction of sp³-hybridized carbons (Fsp3) is 0.429. The Balaban J connectivity index is 2.09. The van der Waals surface area contributed by atoms with E-state index in [0.29, 0.717) is 18.3 Å². The molecule has 1 unspecified atom stereocenters. The third kappa shape index (κ3) is 3.39. The van der Waals surface area contributed by atoms with Gasteiger partial charge in [-0.3, -0.25) is 4.90 Å². The third-order valence-corrected chi connectivity index (χ3v) is 3.17. The Morgan fingerprint density at radius 1 is 1.26 bits per heavy atom. The number of benzene rings is 1. The van der Waals surface area contributed by atoms with E-state index < -0.39 is 0 Å². The largest absolute Gasteiger partial charge is 0.419 e. The van der Waals surface area contributed by atoms with Crippen molar-refractivity contribution in [1.82, 2.24) is 15.1 Å². The van der Waals surface area contributed by atoms with Crippen LogP contribution in [-0.4, -0.2) is 39.9 Å². The van der Waals surface area contributed by atoms with Crippen LogP contribution in [0.1, 0.15) is 18.4 Å². The number of hydrogen-bond acceptors (Lipinski definition) is 5. The van der Waals surface area contributed by atoms with Gasteiger partial charge in [-0.1, -0.05) is 17.7 Å². The van der Waals surface area contributed by atoms with Gasteiger partial charge in [0.2, 0.25) is 11.8 Å². The van der Waals surface area contributed by atoms with Gasteiger partial charge in [0.15, 0.2) is 0 Å². The quantitative estimate of drug-likeness (QED) is 0.890. The lowest BCUT2D eigenvalue weighted by Crippen LogP contribution is -2.31. The molecule has 0 aliphatic heterocycles. The van der Waals surface area contributed by atoms with Gasteiger partial charge in [-0.2, -0.15) is 0 Å². The minimum Gasteiger partial charge on any atom is -0.419 e. The predicted octanol–water partition coefficient (Wildman–Crippen LogP) is 1.86. The van der Waals surface area contributed by atoms with Crippen LogP contribution in [0, 0.1) is 6.92 Å². The molecule has 1 atom stereocenters. The van der Waals surface area contributed by atoms with Crippen molar-refractivity contribution < 1.29 is 9.52 Å². The summed E-state index contributed by atoms with van der Waals surface area (Å²) in [5.41, 5.74) is 2.11. The standard InChI is InChI=1S/C14H19N3O2/c1-10-4-6-12(7-5-10)14-16-15-13(19-14)8-17(3)11(2)9-18/h4-7,11,18H,8-9H2,1-3H3. The Hall–Kier alpha value is -1.72. The van der Waals surface area contributed by atoms with E-state index >= 15 is 0 Å². The minimum atomic E-state index is 0.0646. The second-order valence-electron chi connectivity index (χ2n) is 4.81. The summed E-state index contributed by atoms with van der Waals surface area (Å²) in [5, 5.41) is 17.2. The van der Waals surface area contributed by atoms with Gasteiger partial charge in [-0.25, -0.2) is 0 Å². The van der Waals surface area contributed by atoms with Gasteiger partial charge in [0.1, 0.15) is 0 Å². The lowest BCUT2D eigenvalue weighted by molar-refractivity contribution is 0.145. The predicted molar refractivity (Wildman–Crippen MR) is 72.5 cm³/mol. The average Bonchev–Trinajstić information content (AvgIpc) is 2.87. The first-order valence-corrected chi connectivity index (χ1v) is 6.30. The van der Waals surface area contributed by atoms with Crippen LogP contribution in [-0.2, 0) is 6.54 Å². The van der Waals surface area contributed by atoms with Crippen LogP contribution in [0.15, 0.2) is 28.7 Å². The summed E-state index contributed by atoms with van der Waals surface area (Å²) in [5.74, 6) is 1.08. The van der Waals surface area contributed by atoms with Gasteiger partial charge in [0.25, 0.3) is 0 Å². The molecular weight excluding hydrogens is 242 g/mol. The van der Waals surface area contributed by atoms with Crippen LogP contribution >= 0.6 is 0 Å². The lowest BCUT2D eigenvalue weighted by atomic mass is 10.1. The highest BCUT2D eigenvalue weighted by molar-refractivity contribution is 5.52. The Morgan fingerprint density at radius 3 is 2.58 bits per heavy atom. The summed E-state index contributed by atoms with van der Waals surface area (Å²) < 4.78 is 5.63. The number of hydrogen-bond donors (Lipinski definition) is 1. The molecule has 5 nitrogen and oxygen atoms in total. The molecule has 2 rings (SSSR count). The van der Waals surface area contributed by atoms with Crippen molar-refractivity contribution in [1.29, 1.82) is 0 Å². The van der Waals surface area contributed by atoms with E-state index in [0.717, 1.165) is 5.56 Å². The molecule has 102 valence electrons. The van der Waals surface area contributed by atoms with Gasteiger partial charge < -0.3 is 9.52 Å². The Labute approximate surface area is 112 Å². The third-order valence-electron chi connectivity index (χ3n) is 3.17. The molecule has 0 aliphatic carbocycles. The highest BCUT2D eigenvalue weighted by Crippen LogP contribution is 2.18. The Kier molecular flexibility index (Phi) is 4.29.